The Labute approximate surface area is 274 Å². The number of carbonyl (C=O) groups is 4. The van der Waals surface area contributed by atoms with Gasteiger partial charge in [0.15, 0.2) is 0 Å². The Balaban J connectivity index is 1.43. The number of furan rings is 1. The number of hydrogen-bond donors (Lipinski definition) is 3. The molecule has 47 heavy (non-hydrogen) atoms. The number of carboxylic acid groups (broad SMARTS) is 1. The first-order valence-electron chi connectivity index (χ1n) is 16.8. The van der Waals surface area contributed by atoms with Crippen LogP contribution in [0, 0.1) is 23.7 Å². The summed E-state index contributed by atoms with van der Waals surface area (Å²) in [7, 11) is 1.69. The molecular weight excluding hydrogens is 609 g/mol. The molecule has 0 spiro atoms. The van der Waals surface area contributed by atoms with Gasteiger partial charge in [-0.05, 0) is 102 Å². The van der Waals surface area contributed by atoms with Gasteiger partial charge in [-0.3, -0.25) is 9.59 Å². The van der Waals surface area contributed by atoms with Crippen molar-refractivity contribution in [3.63, 3.8) is 0 Å². The van der Waals surface area contributed by atoms with Gasteiger partial charge < -0.3 is 34.9 Å². The number of halogens is 1. The van der Waals surface area contributed by atoms with Crippen LogP contribution in [0.1, 0.15) is 101 Å². The van der Waals surface area contributed by atoms with Crippen LogP contribution in [0.15, 0.2) is 28.7 Å². The highest BCUT2D eigenvalue weighted by Gasteiger charge is 2.53. The van der Waals surface area contributed by atoms with E-state index in [9.17, 15) is 28.7 Å². The Morgan fingerprint density at radius 1 is 1.06 bits per heavy atom. The molecule has 3 amide bonds. The highest BCUT2D eigenvalue weighted by Crippen LogP contribution is 2.51. The molecule has 258 valence electrons. The molecule has 4 N–H and O–H groups in total. The van der Waals surface area contributed by atoms with Crippen LogP contribution in [-0.2, 0) is 19.1 Å². The minimum Gasteiger partial charge on any atom is -0.475 e. The van der Waals surface area contributed by atoms with Gasteiger partial charge in [-0.2, -0.15) is 0 Å². The maximum Gasteiger partial charge on any atom is 0.407 e. The number of carbonyl (C=O) groups excluding carboxylic acids is 3. The van der Waals surface area contributed by atoms with Crippen molar-refractivity contribution in [3.8, 4) is 0 Å². The number of ether oxygens (including phenoxy) is 2. The molecule has 3 fully saturated rings. The van der Waals surface area contributed by atoms with E-state index in [0.29, 0.717) is 48.6 Å². The zero-order valence-electron chi connectivity index (χ0n) is 27.7. The molecule has 2 heterocycles. The number of primary amides is 1. The van der Waals surface area contributed by atoms with Crippen molar-refractivity contribution in [2.45, 2.75) is 108 Å². The van der Waals surface area contributed by atoms with Crippen molar-refractivity contribution in [2.24, 2.45) is 29.4 Å². The molecule has 12 heteroatoms. The summed E-state index contributed by atoms with van der Waals surface area (Å²) in [5, 5.41) is 13.4. The van der Waals surface area contributed by atoms with Crippen LogP contribution in [-0.4, -0.2) is 71.5 Å². The molecule has 11 nitrogen and oxygen atoms in total. The molecule has 2 aromatic rings. The maximum absolute atomic E-state index is 14.6. The lowest BCUT2D eigenvalue weighted by Crippen LogP contribution is -2.51. The van der Waals surface area contributed by atoms with E-state index in [2.05, 4.69) is 5.32 Å². The normalized spacial score (nSPS) is 29.0. The Kier molecular flexibility index (Phi) is 10.5. The quantitative estimate of drug-likeness (QED) is 0.307. The zero-order valence-corrected chi connectivity index (χ0v) is 27.7. The van der Waals surface area contributed by atoms with Gasteiger partial charge in [0.1, 0.15) is 23.9 Å². The SMILES string of the molecule is COC1CCC([C@@H]2CC(c3c(C(=O)O)oc4ccccc34)N(C(=O)[C@H]3CC[C@H](C(CF)NC(=O)OC(C)(C)C)CC3)[C@@H]2C(N)=O)CC1. The van der Waals surface area contributed by atoms with Gasteiger partial charge in [-0.1, -0.05) is 18.2 Å². The van der Waals surface area contributed by atoms with Gasteiger partial charge >= 0.3 is 12.1 Å². The zero-order chi connectivity index (χ0) is 34.0. The molecule has 5 rings (SSSR count). The molecule has 0 bridgehead atoms. The monoisotopic (exact) mass is 657 g/mol. The van der Waals surface area contributed by atoms with Gasteiger partial charge in [0, 0.05) is 24.0 Å². The van der Waals surface area contributed by atoms with Crippen LogP contribution in [0.3, 0.4) is 0 Å². The van der Waals surface area contributed by atoms with Crippen molar-refractivity contribution in [1.29, 1.82) is 0 Å². The number of para-hydroxylation sites is 1. The Morgan fingerprint density at radius 3 is 2.30 bits per heavy atom. The second-order valence-corrected chi connectivity index (χ2v) is 14.4. The summed E-state index contributed by atoms with van der Waals surface area (Å²) in [6.45, 7) is 4.44. The number of carboxylic acids is 1. The lowest BCUT2D eigenvalue weighted by Gasteiger charge is -2.38. The first kappa shape index (κ1) is 34.7. The Morgan fingerprint density at radius 2 is 1.72 bits per heavy atom. The van der Waals surface area contributed by atoms with Crippen molar-refractivity contribution < 1.29 is 42.6 Å². The highest BCUT2D eigenvalue weighted by atomic mass is 19.1. The summed E-state index contributed by atoms with van der Waals surface area (Å²) < 4.78 is 30.8. The first-order valence-corrected chi connectivity index (χ1v) is 16.8. The summed E-state index contributed by atoms with van der Waals surface area (Å²) in [5.41, 5.74) is 6.16. The minimum atomic E-state index is -1.25. The molecule has 2 unspecified atom stereocenters. The predicted octanol–water partition coefficient (Wildman–Crippen LogP) is 5.75. The molecule has 0 radical (unpaired) electrons. The van der Waals surface area contributed by atoms with Crippen molar-refractivity contribution in [3.05, 3.63) is 35.6 Å². The van der Waals surface area contributed by atoms with Crippen LogP contribution in [0.25, 0.3) is 11.0 Å². The number of likely N-dealkylation sites (tertiary alicyclic amines) is 1. The van der Waals surface area contributed by atoms with E-state index in [4.69, 9.17) is 19.6 Å². The molecule has 1 aromatic carbocycles. The smallest absolute Gasteiger partial charge is 0.407 e. The van der Waals surface area contributed by atoms with Crippen LogP contribution in [0.5, 0.6) is 0 Å². The molecule has 1 aromatic heterocycles. The topological polar surface area (TPSA) is 161 Å². The summed E-state index contributed by atoms with van der Waals surface area (Å²) in [6, 6.07) is 4.61. The fourth-order valence-corrected chi connectivity index (χ4v) is 8.27. The fourth-order valence-electron chi connectivity index (χ4n) is 8.27. The minimum absolute atomic E-state index is 0.102. The third-order valence-electron chi connectivity index (χ3n) is 10.5. The van der Waals surface area contributed by atoms with Crippen molar-refractivity contribution in [1.82, 2.24) is 10.2 Å². The van der Waals surface area contributed by atoms with Crippen molar-refractivity contribution >= 4 is 34.8 Å². The van der Waals surface area contributed by atoms with E-state index in [-0.39, 0.29) is 35.5 Å². The van der Waals surface area contributed by atoms with E-state index in [1.165, 1.54) is 0 Å². The van der Waals surface area contributed by atoms with E-state index in [0.717, 1.165) is 25.7 Å². The summed E-state index contributed by atoms with van der Waals surface area (Å²) in [5.74, 6) is -3.21. The van der Waals surface area contributed by atoms with Gasteiger partial charge in [-0.15, -0.1) is 0 Å². The molecule has 1 saturated heterocycles. The van der Waals surface area contributed by atoms with Gasteiger partial charge in [-0.25, -0.2) is 14.0 Å². The average molecular weight is 658 g/mol. The van der Waals surface area contributed by atoms with Gasteiger partial charge in [0.25, 0.3) is 0 Å². The molecule has 3 aliphatic rings. The van der Waals surface area contributed by atoms with Crippen LogP contribution < -0.4 is 11.1 Å². The summed E-state index contributed by atoms with van der Waals surface area (Å²) in [6.07, 6.45) is 4.91. The number of alkyl halides is 1. The van der Waals surface area contributed by atoms with Crippen molar-refractivity contribution in [2.75, 3.05) is 13.8 Å². The number of rotatable bonds is 9. The maximum atomic E-state index is 14.6. The van der Waals surface area contributed by atoms with Gasteiger partial charge in [0.05, 0.1) is 18.2 Å². The number of nitrogens with zero attached hydrogens (tertiary/aromatic N) is 1. The standard InChI is InChI=1S/C35H48FN3O8/c1-35(2,3)47-34(44)38-25(18-36)20-9-11-21(12-10-20)32(41)39-26(28-23-7-5-6-8-27(23)46-30(28)33(42)43)17-24(29(39)31(37)40)19-13-15-22(45-4)16-14-19/h5-8,19-22,24-26,29H,9-18H2,1-4H3,(H2,37,40)(H,38,44)(H,42,43)/t19?,20-,21-,22?,24-,25?,26?,29-/m0/s1. The largest absolute Gasteiger partial charge is 0.475 e. The van der Waals surface area contributed by atoms with E-state index >= 15 is 0 Å². The molecule has 4 atom stereocenters. The molecule has 2 saturated carbocycles. The van der Waals surface area contributed by atoms with E-state index < -0.39 is 54.3 Å². The number of fused-ring (bicyclic) bond motifs is 1. The van der Waals surface area contributed by atoms with Crippen LogP contribution in [0.2, 0.25) is 0 Å². The highest BCUT2D eigenvalue weighted by molar-refractivity contribution is 5.97. The summed E-state index contributed by atoms with van der Waals surface area (Å²) >= 11 is 0. The Hall–Kier alpha value is -3.67. The third kappa shape index (κ3) is 7.42. The number of benzene rings is 1. The Bertz CT molecular complexity index is 1450. The predicted molar refractivity (Wildman–Crippen MR) is 171 cm³/mol. The number of alkyl carbamates (subject to hydrolysis) is 1. The second kappa shape index (κ2) is 14.2. The average Bonchev–Trinajstić information content (AvgIpc) is 3.62. The molecular formula is C35H48FN3O8. The number of nitrogens with one attached hydrogen (secondary N) is 1. The third-order valence-corrected chi connectivity index (χ3v) is 10.5. The number of methoxy groups -OCH3 is 1. The second-order valence-electron chi connectivity index (χ2n) is 14.4. The number of aromatic carboxylic acids is 1. The number of hydrogen-bond acceptors (Lipinski definition) is 7. The van der Waals surface area contributed by atoms with Gasteiger partial charge in [0.2, 0.25) is 17.6 Å². The van der Waals surface area contributed by atoms with Crippen LogP contribution in [0.4, 0.5) is 9.18 Å². The van der Waals surface area contributed by atoms with E-state index in [1.807, 2.05) is 0 Å². The number of amides is 3. The number of nitrogens with two attached hydrogens (primary N) is 1. The summed E-state index contributed by atoms with van der Waals surface area (Å²) in [4.78, 5) is 54.4. The first-order chi connectivity index (χ1) is 22.3. The molecule has 1 aliphatic heterocycles. The molecule has 2 aliphatic carbocycles. The lowest BCUT2D eigenvalue weighted by atomic mass is 9.74. The fraction of sp³-hybridized carbons (Fsp3) is 0.657. The van der Waals surface area contributed by atoms with Crippen LogP contribution >= 0.6 is 0 Å². The lowest BCUT2D eigenvalue weighted by molar-refractivity contribution is -0.145. The van der Waals surface area contributed by atoms with E-state index in [1.54, 1.807) is 57.0 Å².